The predicted molar refractivity (Wildman–Crippen MR) is 80.2 cm³/mol. The van der Waals surface area contributed by atoms with E-state index in [0.29, 0.717) is 10.0 Å². The highest BCUT2D eigenvalue weighted by Crippen LogP contribution is 2.37. The van der Waals surface area contributed by atoms with E-state index in [4.69, 9.17) is 46.4 Å². The molecule has 18 heavy (non-hydrogen) atoms. The Kier molecular flexibility index (Phi) is 4.80. The molecule has 0 aliphatic rings. The minimum atomic E-state index is -0.578. The van der Waals surface area contributed by atoms with Gasteiger partial charge in [0, 0.05) is 16.0 Å². The molecule has 0 heterocycles. The van der Waals surface area contributed by atoms with E-state index in [1.54, 1.807) is 0 Å². The van der Waals surface area contributed by atoms with Crippen LogP contribution in [0.25, 0.3) is 0 Å². The largest absolute Gasteiger partial charge is 0.118 e. The van der Waals surface area contributed by atoms with Crippen molar-refractivity contribution in [1.82, 2.24) is 0 Å². The Morgan fingerprint density at radius 1 is 0.778 bits per heavy atom. The zero-order chi connectivity index (χ0) is 13.1. The maximum absolute atomic E-state index is 6.20. The van der Waals surface area contributed by atoms with E-state index in [2.05, 4.69) is 0 Å². The van der Waals surface area contributed by atoms with E-state index < -0.39 is 4.84 Å². The second-order valence-corrected chi connectivity index (χ2v) is 5.89. The van der Waals surface area contributed by atoms with Crippen LogP contribution in [0.1, 0.15) is 17.0 Å². The molecule has 4 heteroatoms. The molecule has 0 N–H and O–H groups in total. The third-order valence-electron chi connectivity index (χ3n) is 2.72. The molecule has 2 aromatic carbocycles. The number of alkyl halides is 2. The Bertz CT molecular complexity index is 520. The molecule has 0 aliphatic heterocycles. The molecule has 2 rings (SSSR count). The van der Waals surface area contributed by atoms with Crippen LogP contribution < -0.4 is 0 Å². The smallest absolute Gasteiger partial charge is 0.104 e. The summed E-state index contributed by atoms with van der Waals surface area (Å²) < 4.78 is 0. The van der Waals surface area contributed by atoms with Gasteiger partial charge in [-0.2, -0.15) is 0 Å². The molecule has 0 fully saturated rings. The fourth-order valence-corrected chi connectivity index (χ4v) is 2.80. The van der Waals surface area contributed by atoms with Crippen LogP contribution in [0.5, 0.6) is 0 Å². The van der Waals surface area contributed by atoms with Crippen LogP contribution in [0.3, 0.4) is 0 Å². The van der Waals surface area contributed by atoms with Gasteiger partial charge in [-0.15, -0.1) is 23.2 Å². The summed E-state index contributed by atoms with van der Waals surface area (Å²) in [6.07, 6.45) is 0. The van der Waals surface area contributed by atoms with Gasteiger partial charge in [-0.25, -0.2) is 0 Å². The van der Waals surface area contributed by atoms with E-state index >= 15 is 0 Å². The standard InChI is InChI=1S/C14H10Cl4/c15-10-7-5-9(6-8-10)13(14(17)18)11-3-1-2-4-12(11)16/h1-8,13-14H/i1+1,2+1,3+1,4+1,11+1,12+1. The molecule has 0 amide bonds. The number of rotatable bonds is 3. The summed E-state index contributed by atoms with van der Waals surface area (Å²) in [6, 6.07) is 15.0. The molecule has 0 saturated heterocycles. The fraction of sp³-hybridized carbons (Fsp3) is 0.143. The van der Waals surface area contributed by atoms with Gasteiger partial charge in [0.1, 0.15) is 4.84 Å². The molecule has 0 aromatic heterocycles. The molecule has 2 aromatic rings. The Hall–Kier alpha value is -0.400. The number of hydrogen-bond donors (Lipinski definition) is 0. The Balaban J connectivity index is 2.47. The summed E-state index contributed by atoms with van der Waals surface area (Å²) >= 11 is 24.3. The van der Waals surface area contributed by atoms with Gasteiger partial charge in [0.15, 0.2) is 0 Å². The van der Waals surface area contributed by atoms with E-state index in [9.17, 15) is 0 Å². The third-order valence-corrected chi connectivity index (χ3v) is 3.82. The first-order chi connectivity index (χ1) is 8.59. The monoisotopic (exact) mass is 324 g/mol. The van der Waals surface area contributed by atoms with Crippen LogP contribution in [0.15, 0.2) is 48.5 Å². The predicted octanol–water partition coefficient (Wildman–Crippen LogP) is 5.93. The van der Waals surface area contributed by atoms with Crippen molar-refractivity contribution in [3.8, 4) is 0 Å². The van der Waals surface area contributed by atoms with Crippen molar-refractivity contribution in [3.63, 3.8) is 0 Å². The highest BCUT2D eigenvalue weighted by atomic mass is 35.5. The summed E-state index contributed by atoms with van der Waals surface area (Å²) in [5.74, 6) is -0.167. The van der Waals surface area contributed by atoms with E-state index in [-0.39, 0.29) is 5.92 Å². The first-order valence-electron chi connectivity index (χ1n) is 5.37. The molecule has 0 nitrogen and oxygen atoms in total. The topological polar surface area (TPSA) is 0 Å². The molecule has 0 spiro atoms. The van der Waals surface area contributed by atoms with Gasteiger partial charge in [-0.05, 0) is 29.3 Å². The number of halogens is 4. The molecule has 0 radical (unpaired) electrons. The first-order valence-corrected chi connectivity index (χ1v) is 7.00. The number of hydrogen-bond acceptors (Lipinski definition) is 0. The zero-order valence-electron chi connectivity index (χ0n) is 9.29. The number of benzene rings is 2. The summed E-state index contributed by atoms with van der Waals surface area (Å²) in [7, 11) is 0. The lowest BCUT2D eigenvalue weighted by Crippen LogP contribution is -2.09. The molecular weight excluding hydrogens is 316 g/mol. The summed E-state index contributed by atoms with van der Waals surface area (Å²) in [4.78, 5) is -0.578. The van der Waals surface area contributed by atoms with Crippen molar-refractivity contribution >= 4 is 46.4 Å². The summed E-state index contributed by atoms with van der Waals surface area (Å²) in [5, 5.41) is 1.33. The third kappa shape index (κ3) is 3.13. The van der Waals surface area contributed by atoms with Gasteiger partial charge in [0.05, 0.1) is 0 Å². The van der Waals surface area contributed by atoms with Crippen LogP contribution in [0.4, 0.5) is 0 Å². The first kappa shape index (κ1) is 14.0. The van der Waals surface area contributed by atoms with Crippen molar-refractivity contribution in [2.24, 2.45) is 0 Å². The lowest BCUT2D eigenvalue weighted by atomic mass is 10.1. The quantitative estimate of drug-likeness (QED) is 0.613. The van der Waals surface area contributed by atoms with Gasteiger partial charge >= 0.3 is 0 Å². The molecule has 0 bridgehead atoms. The fourth-order valence-electron chi connectivity index (χ4n) is 1.86. The van der Waals surface area contributed by atoms with E-state index in [1.807, 2.05) is 48.5 Å². The van der Waals surface area contributed by atoms with Crippen LogP contribution in [-0.4, -0.2) is 4.84 Å². The van der Waals surface area contributed by atoms with Gasteiger partial charge in [0.25, 0.3) is 0 Å². The van der Waals surface area contributed by atoms with Crippen LogP contribution in [0.2, 0.25) is 10.0 Å². The van der Waals surface area contributed by atoms with Crippen molar-refractivity contribution in [2.75, 3.05) is 0 Å². The average Bonchev–Trinajstić information content (AvgIpc) is 2.34. The Labute approximate surface area is 126 Å². The van der Waals surface area contributed by atoms with Crippen LogP contribution >= 0.6 is 46.4 Å². The van der Waals surface area contributed by atoms with Gasteiger partial charge in [-0.1, -0.05) is 53.5 Å². The van der Waals surface area contributed by atoms with Gasteiger partial charge in [0.2, 0.25) is 0 Å². The SMILES string of the molecule is Clc1ccc(C(C(Cl)Cl)[13c]2[13cH][13cH][13cH][13cH][13c]2Cl)cc1. The molecule has 0 saturated carbocycles. The lowest BCUT2D eigenvalue weighted by molar-refractivity contribution is 0.887. The summed E-state index contributed by atoms with van der Waals surface area (Å²) in [5.41, 5.74) is 1.90. The molecule has 94 valence electrons. The van der Waals surface area contributed by atoms with Crippen molar-refractivity contribution in [1.29, 1.82) is 0 Å². The molecule has 1 atom stereocenters. The zero-order valence-corrected chi connectivity index (χ0v) is 12.3. The second-order valence-electron chi connectivity index (χ2n) is 3.89. The van der Waals surface area contributed by atoms with Gasteiger partial charge < -0.3 is 0 Å². The lowest BCUT2D eigenvalue weighted by Gasteiger charge is -2.20. The maximum atomic E-state index is 6.20. The Morgan fingerprint density at radius 3 is 1.94 bits per heavy atom. The molecular formula is C14H10Cl4. The van der Waals surface area contributed by atoms with E-state index in [0.717, 1.165) is 11.1 Å². The normalized spacial score (nSPS) is 12.7. The van der Waals surface area contributed by atoms with Crippen molar-refractivity contribution in [2.45, 2.75) is 10.8 Å². The average molecular weight is 326 g/mol. The minimum absolute atomic E-state index is 0.167. The Morgan fingerprint density at radius 2 is 1.39 bits per heavy atom. The van der Waals surface area contributed by atoms with Crippen molar-refractivity contribution in [3.05, 3.63) is 69.7 Å². The van der Waals surface area contributed by atoms with Crippen LogP contribution in [-0.2, 0) is 0 Å². The second kappa shape index (κ2) is 6.16. The highest BCUT2D eigenvalue weighted by molar-refractivity contribution is 6.45. The van der Waals surface area contributed by atoms with Gasteiger partial charge in [-0.3, -0.25) is 0 Å². The molecule has 1 unspecified atom stereocenters. The maximum Gasteiger partial charge on any atom is 0.118 e. The minimum Gasteiger partial charge on any atom is -0.104 e. The van der Waals surface area contributed by atoms with Crippen LogP contribution in [0, 0.1) is 0 Å². The summed E-state index contributed by atoms with van der Waals surface area (Å²) in [6.45, 7) is 0. The van der Waals surface area contributed by atoms with E-state index in [1.165, 1.54) is 0 Å². The highest BCUT2D eigenvalue weighted by Gasteiger charge is 2.23. The molecule has 0 aliphatic carbocycles. The van der Waals surface area contributed by atoms with Crippen molar-refractivity contribution < 1.29 is 0 Å².